The van der Waals surface area contributed by atoms with Gasteiger partial charge in [0.25, 0.3) is 11.6 Å². The summed E-state index contributed by atoms with van der Waals surface area (Å²) in [6.07, 6.45) is 1.16. The fourth-order valence-corrected chi connectivity index (χ4v) is 2.60. The van der Waals surface area contributed by atoms with E-state index in [0.717, 1.165) is 28.6 Å². The summed E-state index contributed by atoms with van der Waals surface area (Å²) in [6.45, 7) is 5.95. The number of carbonyl (C=O) groups excluding carboxylic acids is 1. The second-order valence-corrected chi connectivity index (χ2v) is 5.92. The molecule has 0 heterocycles. The summed E-state index contributed by atoms with van der Waals surface area (Å²) in [7, 11) is 0. The summed E-state index contributed by atoms with van der Waals surface area (Å²) in [6, 6.07) is 7.60. The summed E-state index contributed by atoms with van der Waals surface area (Å²) >= 11 is 0. The first kappa shape index (κ1) is 18.9. The summed E-state index contributed by atoms with van der Waals surface area (Å²) in [4.78, 5) is 22.1. The molecule has 0 aliphatic heterocycles. The Bertz CT molecular complexity index is 854. The lowest BCUT2D eigenvalue weighted by molar-refractivity contribution is -0.384. The van der Waals surface area contributed by atoms with Crippen LogP contribution in [0.15, 0.2) is 35.4 Å². The maximum atomic E-state index is 11.9. The van der Waals surface area contributed by atoms with Gasteiger partial charge in [0.15, 0.2) is 0 Å². The number of anilines is 1. The number of benzene rings is 2. The van der Waals surface area contributed by atoms with Crippen LogP contribution in [-0.4, -0.2) is 28.7 Å². The lowest BCUT2D eigenvalue weighted by Crippen LogP contribution is -2.26. The third-order valence-corrected chi connectivity index (χ3v) is 3.72. The number of nitro benzene ring substituents is 1. The van der Waals surface area contributed by atoms with Crippen molar-refractivity contribution in [1.82, 2.24) is 5.43 Å². The number of aryl methyl sites for hydroxylation is 3. The van der Waals surface area contributed by atoms with E-state index in [-0.39, 0.29) is 29.5 Å². The van der Waals surface area contributed by atoms with E-state index in [1.807, 2.05) is 32.9 Å². The molecule has 1 amide bonds. The molecule has 0 saturated carbocycles. The van der Waals surface area contributed by atoms with Gasteiger partial charge in [-0.15, -0.1) is 0 Å². The fraction of sp³-hybridized carbons (Fsp3) is 0.222. The summed E-state index contributed by atoms with van der Waals surface area (Å²) < 4.78 is 0. The molecule has 0 saturated heterocycles. The van der Waals surface area contributed by atoms with E-state index in [2.05, 4.69) is 15.8 Å². The molecule has 136 valence electrons. The van der Waals surface area contributed by atoms with E-state index < -0.39 is 4.92 Å². The van der Waals surface area contributed by atoms with Crippen LogP contribution in [0.25, 0.3) is 0 Å². The standard InChI is InChI=1S/C18H20N4O4/c1-11-6-12(2)18(13(3)7-11)19-10-17(24)21-20-9-14-8-15(22(25)26)4-5-16(14)23/h4-9,19,23H,10H2,1-3H3,(H,21,24)/b20-9+. The molecule has 0 aromatic heterocycles. The van der Waals surface area contributed by atoms with Gasteiger partial charge in [-0.3, -0.25) is 14.9 Å². The second-order valence-electron chi connectivity index (χ2n) is 5.92. The van der Waals surface area contributed by atoms with Gasteiger partial charge in [-0.2, -0.15) is 5.10 Å². The fourth-order valence-electron chi connectivity index (χ4n) is 2.60. The molecular weight excluding hydrogens is 336 g/mol. The Morgan fingerprint density at radius 3 is 2.50 bits per heavy atom. The number of amides is 1. The van der Waals surface area contributed by atoms with Crippen molar-refractivity contribution in [2.75, 3.05) is 11.9 Å². The number of hydrogen-bond acceptors (Lipinski definition) is 6. The van der Waals surface area contributed by atoms with Crippen molar-refractivity contribution in [3.05, 3.63) is 62.7 Å². The molecule has 8 heteroatoms. The molecule has 0 aliphatic carbocycles. The Morgan fingerprint density at radius 1 is 1.23 bits per heavy atom. The molecule has 0 atom stereocenters. The average Bonchev–Trinajstić information content (AvgIpc) is 2.55. The Kier molecular flexibility index (Phi) is 5.90. The van der Waals surface area contributed by atoms with Gasteiger partial charge in [0, 0.05) is 23.4 Å². The molecule has 0 spiro atoms. The maximum absolute atomic E-state index is 11.9. The van der Waals surface area contributed by atoms with E-state index in [1.54, 1.807) is 0 Å². The molecular formula is C18H20N4O4. The average molecular weight is 356 g/mol. The van der Waals surface area contributed by atoms with Gasteiger partial charge in [0.05, 0.1) is 17.7 Å². The summed E-state index contributed by atoms with van der Waals surface area (Å²) in [5.74, 6) is -0.553. The molecule has 0 unspecified atom stereocenters. The van der Waals surface area contributed by atoms with Gasteiger partial charge in [0.2, 0.25) is 0 Å². The zero-order valence-corrected chi connectivity index (χ0v) is 14.7. The highest BCUT2D eigenvalue weighted by atomic mass is 16.6. The molecule has 2 rings (SSSR count). The number of phenolic OH excluding ortho intramolecular Hbond substituents is 1. The van der Waals surface area contributed by atoms with Gasteiger partial charge < -0.3 is 10.4 Å². The predicted octanol–water partition coefficient (Wildman–Crippen LogP) is 2.79. The zero-order valence-electron chi connectivity index (χ0n) is 14.7. The van der Waals surface area contributed by atoms with Gasteiger partial charge in [-0.25, -0.2) is 5.43 Å². The van der Waals surface area contributed by atoms with Crippen LogP contribution in [0, 0.1) is 30.9 Å². The third-order valence-electron chi connectivity index (χ3n) is 3.72. The highest BCUT2D eigenvalue weighted by molar-refractivity contribution is 5.87. The van der Waals surface area contributed by atoms with E-state index >= 15 is 0 Å². The van der Waals surface area contributed by atoms with Crippen molar-refractivity contribution in [2.24, 2.45) is 5.10 Å². The van der Waals surface area contributed by atoms with E-state index in [4.69, 9.17) is 0 Å². The SMILES string of the molecule is Cc1cc(C)c(NCC(=O)N/N=C/c2cc([N+](=O)[O-])ccc2O)c(C)c1. The quantitative estimate of drug-likeness (QED) is 0.418. The molecule has 8 nitrogen and oxygen atoms in total. The lowest BCUT2D eigenvalue weighted by atomic mass is 10.1. The number of non-ortho nitro benzene ring substituents is 1. The first-order valence-electron chi connectivity index (χ1n) is 7.89. The summed E-state index contributed by atoms with van der Waals surface area (Å²) in [5.41, 5.74) is 6.40. The van der Waals surface area contributed by atoms with E-state index in [1.165, 1.54) is 18.2 Å². The minimum atomic E-state index is -0.578. The number of nitrogens with one attached hydrogen (secondary N) is 2. The van der Waals surface area contributed by atoms with Crippen molar-refractivity contribution in [3.63, 3.8) is 0 Å². The van der Waals surface area contributed by atoms with Crippen molar-refractivity contribution in [2.45, 2.75) is 20.8 Å². The molecule has 3 N–H and O–H groups in total. The normalized spacial score (nSPS) is 10.7. The molecule has 0 fully saturated rings. The smallest absolute Gasteiger partial charge is 0.270 e. The van der Waals surface area contributed by atoms with Gasteiger partial charge in [0.1, 0.15) is 5.75 Å². The summed E-state index contributed by atoms with van der Waals surface area (Å²) in [5, 5.41) is 27.2. The highest BCUT2D eigenvalue weighted by Gasteiger charge is 2.09. The number of rotatable bonds is 6. The van der Waals surface area contributed by atoms with Crippen molar-refractivity contribution >= 4 is 23.5 Å². The number of carbonyl (C=O) groups is 1. The van der Waals surface area contributed by atoms with Gasteiger partial charge in [-0.1, -0.05) is 17.7 Å². The lowest BCUT2D eigenvalue weighted by Gasteiger charge is -2.13. The highest BCUT2D eigenvalue weighted by Crippen LogP contribution is 2.22. The Hall–Kier alpha value is -3.42. The Morgan fingerprint density at radius 2 is 1.88 bits per heavy atom. The first-order chi connectivity index (χ1) is 12.3. The zero-order chi connectivity index (χ0) is 19.3. The first-order valence-corrected chi connectivity index (χ1v) is 7.89. The largest absolute Gasteiger partial charge is 0.507 e. The maximum Gasteiger partial charge on any atom is 0.270 e. The van der Waals surface area contributed by atoms with Crippen LogP contribution in [0.1, 0.15) is 22.3 Å². The van der Waals surface area contributed by atoms with Gasteiger partial charge >= 0.3 is 0 Å². The van der Waals surface area contributed by atoms with Crippen LogP contribution in [0.4, 0.5) is 11.4 Å². The van der Waals surface area contributed by atoms with Crippen LogP contribution >= 0.6 is 0 Å². The molecule has 0 radical (unpaired) electrons. The Balaban J connectivity index is 1.96. The van der Waals surface area contributed by atoms with Crippen LogP contribution < -0.4 is 10.7 Å². The molecule has 26 heavy (non-hydrogen) atoms. The minimum Gasteiger partial charge on any atom is -0.507 e. The van der Waals surface area contributed by atoms with Crippen molar-refractivity contribution in [1.29, 1.82) is 0 Å². The molecule has 0 aliphatic rings. The van der Waals surface area contributed by atoms with Crippen LogP contribution in [0.2, 0.25) is 0 Å². The Labute approximate surface area is 150 Å². The number of phenols is 1. The topological polar surface area (TPSA) is 117 Å². The number of nitro groups is 1. The monoisotopic (exact) mass is 356 g/mol. The minimum absolute atomic E-state index is 0.0169. The van der Waals surface area contributed by atoms with E-state index in [0.29, 0.717) is 0 Å². The molecule has 0 bridgehead atoms. The number of hydrogen-bond donors (Lipinski definition) is 3. The molecule has 2 aromatic carbocycles. The van der Waals surface area contributed by atoms with E-state index in [9.17, 15) is 20.0 Å². The van der Waals surface area contributed by atoms with Crippen molar-refractivity contribution in [3.8, 4) is 5.75 Å². The predicted molar refractivity (Wildman–Crippen MR) is 99.6 cm³/mol. The van der Waals surface area contributed by atoms with Gasteiger partial charge in [-0.05, 0) is 38.0 Å². The van der Waals surface area contributed by atoms with Crippen LogP contribution in [0.3, 0.4) is 0 Å². The van der Waals surface area contributed by atoms with Crippen LogP contribution in [-0.2, 0) is 4.79 Å². The number of nitrogens with zero attached hydrogens (tertiary/aromatic N) is 2. The second kappa shape index (κ2) is 8.11. The molecule has 2 aromatic rings. The third kappa shape index (κ3) is 4.79. The number of hydrazone groups is 1. The number of aromatic hydroxyl groups is 1. The van der Waals surface area contributed by atoms with Crippen molar-refractivity contribution < 1.29 is 14.8 Å². The van der Waals surface area contributed by atoms with Crippen LogP contribution in [0.5, 0.6) is 5.75 Å².